The van der Waals surface area contributed by atoms with E-state index in [9.17, 15) is 14.0 Å². The fourth-order valence-corrected chi connectivity index (χ4v) is 2.43. The molecule has 98 valence electrons. The smallest absolute Gasteiger partial charge is 0.341 e. The number of aromatic carboxylic acids is 1. The summed E-state index contributed by atoms with van der Waals surface area (Å²) in [6.07, 6.45) is 3.01. The van der Waals surface area contributed by atoms with E-state index < -0.39 is 11.5 Å². The van der Waals surface area contributed by atoms with E-state index in [-0.39, 0.29) is 17.3 Å². The SMILES string of the molecule is O=C(O)c1cc2cc(F)c(C3CCC3)cc2[nH]c1=O. The summed E-state index contributed by atoms with van der Waals surface area (Å²) in [4.78, 5) is 25.0. The van der Waals surface area contributed by atoms with Crippen LogP contribution in [0, 0.1) is 5.82 Å². The number of halogens is 1. The van der Waals surface area contributed by atoms with Crippen molar-refractivity contribution in [1.82, 2.24) is 4.98 Å². The van der Waals surface area contributed by atoms with E-state index >= 15 is 0 Å². The molecule has 0 bridgehead atoms. The molecule has 0 unspecified atom stereocenters. The molecule has 1 heterocycles. The summed E-state index contributed by atoms with van der Waals surface area (Å²) < 4.78 is 14.0. The van der Waals surface area contributed by atoms with Gasteiger partial charge in [-0.3, -0.25) is 4.79 Å². The number of aromatic amines is 1. The second-order valence-electron chi connectivity index (χ2n) is 4.91. The standard InChI is InChI=1S/C14H12FNO3/c15-11-5-8-4-10(14(18)19)13(17)16-12(8)6-9(11)7-2-1-3-7/h4-7H,1-3H2,(H,16,17)(H,18,19). The Morgan fingerprint density at radius 3 is 2.63 bits per heavy atom. The van der Waals surface area contributed by atoms with Gasteiger partial charge in [-0.2, -0.15) is 0 Å². The molecule has 0 amide bonds. The molecule has 1 fully saturated rings. The monoisotopic (exact) mass is 261 g/mol. The minimum atomic E-state index is -1.31. The zero-order valence-corrected chi connectivity index (χ0v) is 10.1. The Morgan fingerprint density at radius 2 is 2.05 bits per heavy atom. The number of carbonyl (C=O) groups is 1. The summed E-state index contributed by atoms with van der Waals surface area (Å²) in [5, 5.41) is 9.27. The van der Waals surface area contributed by atoms with E-state index in [1.165, 1.54) is 12.1 Å². The van der Waals surface area contributed by atoms with E-state index in [1.54, 1.807) is 6.07 Å². The van der Waals surface area contributed by atoms with Crippen LogP contribution in [0.5, 0.6) is 0 Å². The number of carboxylic acid groups (broad SMARTS) is 1. The number of benzene rings is 1. The molecule has 0 spiro atoms. The lowest BCUT2D eigenvalue weighted by molar-refractivity contribution is 0.0695. The van der Waals surface area contributed by atoms with E-state index in [0.717, 1.165) is 19.3 Å². The lowest BCUT2D eigenvalue weighted by Gasteiger charge is -2.26. The minimum absolute atomic E-state index is 0.215. The van der Waals surface area contributed by atoms with Crippen molar-refractivity contribution in [2.75, 3.05) is 0 Å². The van der Waals surface area contributed by atoms with Gasteiger partial charge in [-0.1, -0.05) is 6.42 Å². The molecular weight excluding hydrogens is 249 g/mol. The van der Waals surface area contributed by atoms with Crippen LogP contribution in [0.15, 0.2) is 23.0 Å². The van der Waals surface area contributed by atoms with Gasteiger partial charge < -0.3 is 10.1 Å². The lowest BCUT2D eigenvalue weighted by Crippen LogP contribution is -2.17. The number of rotatable bonds is 2. The van der Waals surface area contributed by atoms with E-state index in [4.69, 9.17) is 5.11 Å². The third-order valence-electron chi connectivity index (χ3n) is 3.74. The Labute approximate surface area is 107 Å². The number of fused-ring (bicyclic) bond motifs is 1. The van der Waals surface area contributed by atoms with Crippen molar-refractivity contribution in [2.24, 2.45) is 0 Å². The third-order valence-corrected chi connectivity index (χ3v) is 3.74. The summed E-state index contributed by atoms with van der Waals surface area (Å²) in [6.45, 7) is 0. The lowest BCUT2D eigenvalue weighted by atomic mass is 9.79. The van der Waals surface area contributed by atoms with Crippen LogP contribution in [-0.2, 0) is 0 Å². The molecule has 0 aliphatic heterocycles. The zero-order chi connectivity index (χ0) is 13.6. The van der Waals surface area contributed by atoms with Crippen molar-refractivity contribution in [3.05, 3.63) is 45.5 Å². The number of carboxylic acids is 1. The van der Waals surface area contributed by atoms with Crippen LogP contribution in [0.25, 0.3) is 10.9 Å². The second kappa shape index (κ2) is 4.19. The summed E-state index contributed by atoms with van der Waals surface area (Å²) in [5.74, 6) is -1.43. The van der Waals surface area contributed by atoms with Crippen molar-refractivity contribution >= 4 is 16.9 Å². The molecule has 4 nitrogen and oxygen atoms in total. The zero-order valence-electron chi connectivity index (χ0n) is 10.1. The van der Waals surface area contributed by atoms with Gasteiger partial charge in [0.2, 0.25) is 0 Å². The van der Waals surface area contributed by atoms with Gasteiger partial charge in [0.15, 0.2) is 0 Å². The molecule has 1 aromatic carbocycles. The van der Waals surface area contributed by atoms with Gasteiger partial charge in [-0.25, -0.2) is 9.18 Å². The highest BCUT2D eigenvalue weighted by atomic mass is 19.1. The molecule has 1 saturated carbocycles. The summed E-state index contributed by atoms with van der Waals surface area (Å²) >= 11 is 0. The first-order chi connectivity index (χ1) is 9.06. The number of hydrogen-bond donors (Lipinski definition) is 2. The fraction of sp³-hybridized carbons (Fsp3) is 0.286. The van der Waals surface area contributed by atoms with Gasteiger partial charge >= 0.3 is 5.97 Å². The van der Waals surface area contributed by atoms with Gasteiger partial charge in [0.25, 0.3) is 5.56 Å². The Morgan fingerprint density at radius 1 is 1.32 bits per heavy atom. The summed E-state index contributed by atoms with van der Waals surface area (Å²) in [7, 11) is 0. The maximum atomic E-state index is 14.0. The van der Waals surface area contributed by atoms with Gasteiger partial charge in [0, 0.05) is 10.9 Å². The summed E-state index contributed by atoms with van der Waals surface area (Å²) in [5.41, 5.74) is 0.0604. The normalized spacial score (nSPS) is 15.4. The molecule has 2 aromatic rings. The van der Waals surface area contributed by atoms with Crippen molar-refractivity contribution in [3.63, 3.8) is 0 Å². The predicted octanol–water partition coefficient (Wildman–Crippen LogP) is 2.63. The molecule has 0 atom stereocenters. The fourth-order valence-electron chi connectivity index (χ4n) is 2.43. The van der Waals surface area contributed by atoms with Crippen LogP contribution < -0.4 is 5.56 Å². The molecule has 1 aromatic heterocycles. The van der Waals surface area contributed by atoms with Crippen molar-refractivity contribution in [2.45, 2.75) is 25.2 Å². The molecule has 2 N–H and O–H groups in total. The Hall–Kier alpha value is -2.17. The molecule has 19 heavy (non-hydrogen) atoms. The molecular formula is C14H12FNO3. The van der Waals surface area contributed by atoms with Crippen LogP contribution in [0.1, 0.15) is 41.1 Å². The van der Waals surface area contributed by atoms with Crippen LogP contribution in [0.4, 0.5) is 4.39 Å². The summed E-state index contributed by atoms with van der Waals surface area (Å²) in [6, 6.07) is 4.14. The molecule has 3 rings (SSSR count). The maximum Gasteiger partial charge on any atom is 0.341 e. The van der Waals surface area contributed by atoms with Crippen LogP contribution in [0.3, 0.4) is 0 Å². The first-order valence-corrected chi connectivity index (χ1v) is 6.16. The Bertz CT molecular complexity index is 731. The number of aromatic nitrogens is 1. The van der Waals surface area contributed by atoms with Gasteiger partial charge in [0.1, 0.15) is 11.4 Å². The molecule has 1 aliphatic carbocycles. The van der Waals surface area contributed by atoms with Crippen molar-refractivity contribution < 1.29 is 14.3 Å². The largest absolute Gasteiger partial charge is 0.477 e. The molecule has 0 radical (unpaired) electrons. The molecule has 0 saturated heterocycles. The van der Waals surface area contributed by atoms with E-state index in [0.29, 0.717) is 16.5 Å². The Kier molecular flexibility index (Phi) is 2.62. The number of hydrogen-bond acceptors (Lipinski definition) is 2. The average molecular weight is 261 g/mol. The van der Waals surface area contributed by atoms with Gasteiger partial charge in [0.05, 0.1) is 0 Å². The Balaban J connectivity index is 2.21. The van der Waals surface area contributed by atoms with Crippen molar-refractivity contribution in [1.29, 1.82) is 0 Å². The number of H-pyrrole nitrogens is 1. The van der Waals surface area contributed by atoms with Crippen LogP contribution >= 0.6 is 0 Å². The second-order valence-corrected chi connectivity index (χ2v) is 4.91. The third kappa shape index (κ3) is 1.91. The van der Waals surface area contributed by atoms with E-state index in [2.05, 4.69) is 4.98 Å². The van der Waals surface area contributed by atoms with Crippen LogP contribution in [-0.4, -0.2) is 16.1 Å². The minimum Gasteiger partial charge on any atom is -0.477 e. The first kappa shape index (κ1) is 11.9. The van der Waals surface area contributed by atoms with E-state index in [1.807, 2.05) is 0 Å². The van der Waals surface area contributed by atoms with Crippen LogP contribution in [0.2, 0.25) is 0 Å². The maximum absolute atomic E-state index is 14.0. The van der Waals surface area contributed by atoms with Gasteiger partial charge in [-0.15, -0.1) is 0 Å². The van der Waals surface area contributed by atoms with Gasteiger partial charge in [-0.05, 0) is 42.5 Å². The molecule has 5 heteroatoms. The first-order valence-electron chi connectivity index (χ1n) is 6.16. The highest BCUT2D eigenvalue weighted by molar-refractivity contribution is 5.92. The predicted molar refractivity (Wildman–Crippen MR) is 68.1 cm³/mol. The highest BCUT2D eigenvalue weighted by Crippen LogP contribution is 2.38. The van der Waals surface area contributed by atoms with Crippen molar-refractivity contribution in [3.8, 4) is 0 Å². The molecule has 1 aliphatic rings. The average Bonchev–Trinajstić information content (AvgIpc) is 2.27. The number of nitrogens with one attached hydrogen (secondary N) is 1. The quantitative estimate of drug-likeness (QED) is 0.873. The number of pyridine rings is 1. The topological polar surface area (TPSA) is 70.2 Å². The highest BCUT2D eigenvalue weighted by Gasteiger charge is 2.23.